The highest BCUT2D eigenvalue weighted by atomic mass is 16.3. The van der Waals surface area contributed by atoms with Gasteiger partial charge in [-0.05, 0) is 172 Å². The van der Waals surface area contributed by atoms with Crippen LogP contribution in [0.2, 0.25) is 0 Å². The first-order valence-corrected chi connectivity index (χ1v) is 26.4. The minimum absolute atomic E-state index is 0.901. The zero-order chi connectivity index (χ0) is 51.7. The summed E-state index contributed by atoms with van der Waals surface area (Å²) in [6.07, 6.45) is 0. The highest BCUT2D eigenvalue weighted by Gasteiger charge is 2.18. The minimum Gasteiger partial charge on any atom is -0.455 e. The van der Waals surface area contributed by atoms with Crippen molar-refractivity contribution >= 4 is 56.1 Å². The summed E-state index contributed by atoms with van der Waals surface area (Å²) in [5, 5.41) is 2.26. The van der Waals surface area contributed by atoms with Gasteiger partial charge in [0.05, 0.1) is 0 Å². The van der Waals surface area contributed by atoms with Crippen LogP contribution in [0.25, 0.3) is 88.7 Å². The number of benzene rings is 12. The third-order valence-corrected chi connectivity index (χ3v) is 14.8. The van der Waals surface area contributed by atoms with Gasteiger partial charge in [0.15, 0.2) is 0 Å². The summed E-state index contributed by atoms with van der Waals surface area (Å²) >= 11 is 0. The van der Waals surface area contributed by atoms with E-state index in [0.29, 0.717) is 0 Å². The predicted molar refractivity (Wildman–Crippen MR) is 325 cm³/mol. The van der Waals surface area contributed by atoms with E-state index in [1.165, 1.54) is 33.4 Å². The Hall–Kier alpha value is -9.96. The van der Waals surface area contributed by atoms with E-state index in [2.05, 4.69) is 303 Å². The van der Waals surface area contributed by atoms with Gasteiger partial charge in [-0.3, -0.25) is 0 Å². The van der Waals surface area contributed by atoms with Gasteiger partial charge in [0.1, 0.15) is 11.2 Å². The molecule has 1 aromatic heterocycles. The molecule has 12 aromatic carbocycles. The molecule has 3 nitrogen and oxygen atoms in total. The van der Waals surface area contributed by atoms with E-state index in [-0.39, 0.29) is 0 Å². The predicted octanol–water partition coefficient (Wildman–Crippen LogP) is 21.1. The summed E-state index contributed by atoms with van der Waals surface area (Å²) in [5.74, 6) is 0. The van der Waals surface area contributed by atoms with Crippen molar-refractivity contribution in [3.8, 4) is 66.8 Å². The summed E-state index contributed by atoms with van der Waals surface area (Å²) in [6.45, 7) is 4.27. The number of para-hydroxylation sites is 2. The normalized spacial score (nSPS) is 11.2. The number of furan rings is 1. The van der Waals surface area contributed by atoms with E-state index in [4.69, 9.17) is 4.42 Å². The number of nitrogens with zero attached hydrogens (tertiary/aromatic N) is 2. The second-order valence-corrected chi connectivity index (χ2v) is 19.9. The molecule has 0 aliphatic rings. The van der Waals surface area contributed by atoms with Crippen LogP contribution in [0.3, 0.4) is 0 Å². The Bertz CT molecular complexity index is 3950. The fraction of sp³-hybridized carbons (Fsp3) is 0.0270. The SMILES string of the molecule is Cc1ccc(N(c2ccc(-c3ccccc3)cc2)c2ccc(-c3cc(-c4ccc(-c5cccc6c5oc5ccccc56)cc4)cc(-c4ccc(N(c5ccc(C)cc5)c5ccc(-c6ccccc6)cc5)cc4)c3)cc2)cc1. The highest BCUT2D eigenvalue weighted by molar-refractivity contribution is 6.09. The van der Waals surface area contributed by atoms with Crippen molar-refractivity contribution in [1.82, 2.24) is 0 Å². The molecule has 0 radical (unpaired) electrons. The van der Waals surface area contributed by atoms with Crippen LogP contribution < -0.4 is 9.80 Å². The second kappa shape index (κ2) is 20.4. The van der Waals surface area contributed by atoms with Crippen LogP contribution in [0.4, 0.5) is 34.1 Å². The molecule has 0 N–H and O–H groups in total. The molecular formula is C74H54N2O. The largest absolute Gasteiger partial charge is 0.455 e. The zero-order valence-electron chi connectivity index (χ0n) is 43.0. The fourth-order valence-electron chi connectivity index (χ4n) is 10.7. The number of hydrogen-bond acceptors (Lipinski definition) is 3. The number of aryl methyl sites for hydroxylation is 2. The molecule has 3 heteroatoms. The van der Waals surface area contributed by atoms with Crippen LogP contribution in [0.5, 0.6) is 0 Å². The second-order valence-electron chi connectivity index (χ2n) is 19.9. The number of rotatable bonds is 12. The van der Waals surface area contributed by atoms with E-state index in [1.54, 1.807) is 0 Å². The van der Waals surface area contributed by atoms with Crippen molar-refractivity contribution in [2.45, 2.75) is 13.8 Å². The van der Waals surface area contributed by atoms with Gasteiger partial charge in [0.25, 0.3) is 0 Å². The Kier molecular flexibility index (Phi) is 12.4. The molecule has 13 aromatic rings. The van der Waals surface area contributed by atoms with Gasteiger partial charge in [-0.15, -0.1) is 0 Å². The van der Waals surface area contributed by atoms with Gasteiger partial charge in [-0.1, -0.05) is 205 Å². The maximum atomic E-state index is 6.47. The van der Waals surface area contributed by atoms with Crippen molar-refractivity contribution in [3.05, 3.63) is 302 Å². The molecule has 77 heavy (non-hydrogen) atoms. The molecule has 0 amide bonds. The van der Waals surface area contributed by atoms with Crippen LogP contribution in [-0.2, 0) is 0 Å². The molecule has 13 rings (SSSR count). The molecular weight excluding hydrogens is 933 g/mol. The van der Waals surface area contributed by atoms with Crippen LogP contribution in [0, 0.1) is 13.8 Å². The number of hydrogen-bond donors (Lipinski definition) is 0. The van der Waals surface area contributed by atoms with Crippen molar-refractivity contribution in [3.63, 3.8) is 0 Å². The molecule has 0 bridgehead atoms. The molecule has 0 aliphatic heterocycles. The van der Waals surface area contributed by atoms with Crippen LogP contribution in [-0.4, -0.2) is 0 Å². The molecule has 0 saturated heterocycles. The minimum atomic E-state index is 0.901. The third-order valence-electron chi connectivity index (χ3n) is 14.8. The Morgan fingerprint density at radius 3 is 0.935 bits per heavy atom. The van der Waals surface area contributed by atoms with E-state index < -0.39 is 0 Å². The molecule has 0 aliphatic carbocycles. The molecule has 0 spiro atoms. The standard InChI is InChI=1S/C74H54N2O/c1-51-20-36-64(37-21-51)75(66-40-28-55(29-41-66)53-12-5-3-6-13-53)68-44-32-58(33-45-68)62-48-61(57-24-26-60(27-25-57)70-17-11-18-72-71-16-9-10-19-73(71)77-74(70)72)49-63(50-62)59-34-46-69(47-35-59)76(65-38-22-52(2)23-39-65)67-42-30-56(31-43-67)54-14-7-4-8-15-54/h3-50H,1-2H3. The Labute approximate surface area is 450 Å². The Morgan fingerprint density at radius 1 is 0.234 bits per heavy atom. The lowest BCUT2D eigenvalue weighted by Gasteiger charge is -2.26. The lowest BCUT2D eigenvalue weighted by Crippen LogP contribution is -2.09. The topological polar surface area (TPSA) is 19.6 Å². The average molecular weight is 987 g/mol. The molecule has 366 valence electrons. The summed E-state index contributed by atoms with van der Waals surface area (Å²) in [5.41, 5.74) is 24.6. The third kappa shape index (κ3) is 9.48. The molecule has 0 atom stereocenters. The monoisotopic (exact) mass is 986 g/mol. The highest BCUT2D eigenvalue weighted by Crippen LogP contribution is 2.42. The first kappa shape index (κ1) is 46.8. The van der Waals surface area contributed by atoms with Gasteiger partial charge in [0, 0.05) is 50.5 Å². The van der Waals surface area contributed by atoms with E-state index in [0.717, 1.165) is 101 Å². The van der Waals surface area contributed by atoms with Crippen molar-refractivity contribution in [1.29, 1.82) is 0 Å². The summed E-state index contributed by atoms with van der Waals surface area (Å²) < 4.78 is 6.47. The van der Waals surface area contributed by atoms with E-state index in [1.807, 2.05) is 12.1 Å². The van der Waals surface area contributed by atoms with Crippen LogP contribution in [0.15, 0.2) is 296 Å². The van der Waals surface area contributed by atoms with Gasteiger partial charge in [0.2, 0.25) is 0 Å². The molecule has 0 saturated carbocycles. The van der Waals surface area contributed by atoms with Crippen LogP contribution >= 0.6 is 0 Å². The smallest absolute Gasteiger partial charge is 0.143 e. The fourth-order valence-corrected chi connectivity index (χ4v) is 10.7. The van der Waals surface area contributed by atoms with Crippen molar-refractivity contribution in [2.24, 2.45) is 0 Å². The maximum absolute atomic E-state index is 6.47. The number of anilines is 6. The van der Waals surface area contributed by atoms with E-state index in [9.17, 15) is 0 Å². The molecule has 0 fully saturated rings. The first-order valence-electron chi connectivity index (χ1n) is 26.4. The van der Waals surface area contributed by atoms with Gasteiger partial charge in [-0.2, -0.15) is 0 Å². The zero-order valence-corrected chi connectivity index (χ0v) is 43.0. The lowest BCUT2D eigenvalue weighted by molar-refractivity contribution is 0.670. The Morgan fingerprint density at radius 2 is 0.532 bits per heavy atom. The summed E-state index contributed by atoms with van der Waals surface area (Å²) in [7, 11) is 0. The van der Waals surface area contributed by atoms with Gasteiger partial charge in [-0.25, -0.2) is 0 Å². The number of fused-ring (bicyclic) bond motifs is 3. The van der Waals surface area contributed by atoms with Crippen LogP contribution in [0.1, 0.15) is 11.1 Å². The summed E-state index contributed by atoms with van der Waals surface area (Å²) in [6, 6.07) is 105. The molecule has 0 unspecified atom stereocenters. The van der Waals surface area contributed by atoms with Crippen molar-refractivity contribution in [2.75, 3.05) is 9.80 Å². The molecule has 1 heterocycles. The average Bonchev–Trinajstić information content (AvgIpc) is 3.95. The maximum Gasteiger partial charge on any atom is 0.143 e. The lowest BCUT2D eigenvalue weighted by atomic mass is 9.92. The van der Waals surface area contributed by atoms with Gasteiger partial charge < -0.3 is 14.2 Å². The first-order chi connectivity index (χ1) is 38.0. The summed E-state index contributed by atoms with van der Waals surface area (Å²) in [4.78, 5) is 4.68. The quantitative estimate of drug-likeness (QED) is 0.122. The van der Waals surface area contributed by atoms with Gasteiger partial charge >= 0.3 is 0 Å². The van der Waals surface area contributed by atoms with Crippen molar-refractivity contribution < 1.29 is 4.42 Å². The Balaban J connectivity index is 0.882. The van der Waals surface area contributed by atoms with E-state index >= 15 is 0 Å².